The lowest BCUT2D eigenvalue weighted by Crippen LogP contribution is -3.00. The molecule has 5 heteroatoms. The first-order valence-electron chi connectivity index (χ1n) is 3.88. The average Bonchev–Trinajstić information content (AvgIpc) is 2.32. The van der Waals surface area contributed by atoms with Crippen molar-refractivity contribution in [3.63, 3.8) is 0 Å². The van der Waals surface area contributed by atoms with Crippen molar-refractivity contribution in [1.82, 2.24) is 3.97 Å². The Bertz CT molecular complexity index is 298. The van der Waals surface area contributed by atoms with Crippen LogP contribution in [0.15, 0.2) is 12.4 Å². The van der Waals surface area contributed by atoms with Gasteiger partial charge >= 0.3 is 5.82 Å². The molecule has 0 spiro atoms. The number of nitrogens with zero attached hydrogens (tertiary/aromatic N) is 2. The number of aryl methyl sites for hydroxylation is 1. The second-order valence-electron chi connectivity index (χ2n) is 2.53. The maximum atomic E-state index is 11.2. The molecule has 0 N–H and O–H groups in total. The second kappa shape index (κ2) is 5.44. The molecule has 1 rings (SSSR count). The minimum Gasteiger partial charge on any atom is -1.00 e. The van der Waals surface area contributed by atoms with Gasteiger partial charge in [-0.3, -0.25) is 4.79 Å². The number of halogens is 1. The van der Waals surface area contributed by atoms with Crippen molar-refractivity contribution in [3.05, 3.63) is 18.2 Å². The van der Waals surface area contributed by atoms with Crippen LogP contribution in [-0.4, -0.2) is 15.5 Å². The number of hydrogen-bond donors (Lipinski definition) is 0. The lowest BCUT2D eigenvalue weighted by molar-refractivity contribution is -0.672. The summed E-state index contributed by atoms with van der Waals surface area (Å²) in [6.45, 7) is 3.65. The van der Waals surface area contributed by atoms with Gasteiger partial charge in [0.1, 0.15) is 12.4 Å². The molecule has 0 bridgehead atoms. The molecular formula is C8H13BrN2OS. The van der Waals surface area contributed by atoms with Crippen LogP contribution < -0.4 is 21.5 Å². The zero-order valence-electron chi connectivity index (χ0n) is 7.95. The summed E-state index contributed by atoms with van der Waals surface area (Å²) in [4.78, 5) is 11.2. The lowest BCUT2D eigenvalue weighted by atomic mass is 10.4. The topological polar surface area (TPSA) is 25.9 Å². The average molecular weight is 265 g/mol. The van der Waals surface area contributed by atoms with Gasteiger partial charge in [0.2, 0.25) is 5.78 Å². The van der Waals surface area contributed by atoms with Crippen molar-refractivity contribution < 1.29 is 26.3 Å². The van der Waals surface area contributed by atoms with E-state index in [1.807, 2.05) is 28.0 Å². The number of hydrogen-bond acceptors (Lipinski definition) is 2. The van der Waals surface area contributed by atoms with Crippen LogP contribution in [0.5, 0.6) is 0 Å². The molecule has 0 aliphatic rings. The molecule has 1 aromatic heterocycles. The zero-order chi connectivity index (χ0) is 9.14. The summed E-state index contributed by atoms with van der Waals surface area (Å²) in [6, 6.07) is 0. The maximum Gasteiger partial charge on any atom is 0.336 e. The second-order valence-corrected chi connectivity index (χ2v) is 3.76. The SMILES string of the molecule is CCSn1cc[n+](C)c1C(C)=O.[Br-]. The highest BCUT2D eigenvalue weighted by atomic mass is 79.9. The van der Waals surface area contributed by atoms with Crippen molar-refractivity contribution in [2.45, 2.75) is 13.8 Å². The Labute approximate surface area is 93.0 Å². The van der Waals surface area contributed by atoms with Crippen LogP contribution in [-0.2, 0) is 7.05 Å². The van der Waals surface area contributed by atoms with E-state index in [1.165, 1.54) is 0 Å². The van der Waals surface area contributed by atoms with Gasteiger partial charge in [0.25, 0.3) is 0 Å². The van der Waals surface area contributed by atoms with Gasteiger partial charge in [-0.2, -0.15) is 3.97 Å². The van der Waals surface area contributed by atoms with E-state index in [1.54, 1.807) is 18.9 Å². The fraction of sp³-hybridized carbons (Fsp3) is 0.500. The van der Waals surface area contributed by atoms with E-state index < -0.39 is 0 Å². The highest BCUT2D eigenvalue weighted by Gasteiger charge is 2.19. The van der Waals surface area contributed by atoms with Gasteiger partial charge in [-0.15, -0.1) is 0 Å². The standard InChI is InChI=1S/C8H13N2OS.BrH/c1-4-12-10-6-5-9(3)8(10)7(2)11;/h5-6H,4H2,1-3H3;1H/q+1;/p-1. The first-order valence-corrected chi connectivity index (χ1v) is 4.82. The summed E-state index contributed by atoms with van der Waals surface area (Å²) in [6.07, 6.45) is 3.80. The number of rotatable bonds is 3. The largest absolute Gasteiger partial charge is 1.00 e. The number of aromatic nitrogens is 2. The molecule has 0 aromatic carbocycles. The monoisotopic (exact) mass is 264 g/mol. The molecule has 1 heterocycles. The Morgan fingerprint density at radius 2 is 2.31 bits per heavy atom. The smallest absolute Gasteiger partial charge is 0.336 e. The van der Waals surface area contributed by atoms with Crippen LogP contribution in [0.1, 0.15) is 24.5 Å². The van der Waals surface area contributed by atoms with Crippen molar-refractivity contribution >= 4 is 17.7 Å². The molecule has 0 saturated carbocycles. The van der Waals surface area contributed by atoms with Crippen molar-refractivity contribution in [2.75, 3.05) is 5.75 Å². The Morgan fingerprint density at radius 1 is 1.69 bits per heavy atom. The summed E-state index contributed by atoms with van der Waals surface area (Å²) >= 11 is 1.63. The Hall–Kier alpha value is -0.290. The van der Waals surface area contributed by atoms with Crippen molar-refractivity contribution in [2.24, 2.45) is 7.05 Å². The van der Waals surface area contributed by atoms with Crippen LogP contribution >= 0.6 is 11.9 Å². The van der Waals surface area contributed by atoms with Gasteiger partial charge in [0.05, 0.1) is 19.0 Å². The molecule has 0 unspecified atom stereocenters. The summed E-state index contributed by atoms with van der Waals surface area (Å²) in [5.41, 5.74) is 0. The first-order chi connectivity index (χ1) is 5.66. The molecule has 0 saturated heterocycles. The van der Waals surface area contributed by atoms with E-state index in [4.69, 9.17) is 0 Å². The molecule has 0 fully saturated rings. The Balaban J connectivity index is 0.00000144. The molecule has 0 atom stereocenters. The Morgan fingerprint density at radius 3 is 2.77 bits per heavy atom. The van der Waals surface area contributed by atoms with Crippen LogP contribution in [0.3, 0.4) is 0 Å². The third-order valence-corrected chi connectivity index (χ3v) is 2.38. The van der Waals surface area contributed by atoms with E-state index in [2.05, 4.69) is 6.92 Å². The molecular weight excluding hydrogens is 252 g/mol. The molecule has 0 aliphatic heterocycles. The van der Waals surface area contributed by atoms with Crippen LogP contribution in [0.25, 0.3) is 0 Å². The number of carbonyl (C=O) groups is 1. The summed E-state index contributed by atoms with van der Waals surface area (Å²) in [7, 11) is 1.88. The van der Waals surface area contributed by atoms with Gasteiger partial charge in [0.15, 0.2) is 0 Å². The quantitative estimate of drug-likeness (QED) is 0.468. The van der Waals surface area contributed by atoms with E-state index in [0.29, 0.717) is 0 Å². The third-order valence-electron chi connectivity index (χ3n) is 1.55. The summed E-state index contributed by atoms with van der Waals surface area (Å²) < 4.78 is 3.74. The van der Waals surface area contributed by atoms with Gasteiger partial charge in [-0.25, -0.2) is 4.57 Å². The molecule has 3 nitrogen and oxygen atoms in total. The number of ketones is 1. The van der Waals surface area contributed by atoms with Crippen LogP contribution in [0.2, 0.25) is 0 Å². The van der Waals surface area contributed by atoms with Gasteiger partial charge < -0.3 is 17.0 Å². The highest BCUT2D eigenvalue weighted by Crippen LogP contribution is 2.07. The minimum absolute atomic E-state index is 0. The first kappa shape index (κ1) is 12.7. The van der Waals surface area contributed by atoms with E-state index in [0.717, 1.165) is 11.6 Å². The predicted molar refractivity (Wildman–Crippen MR) is 49.1 cm³/mol. The van der Waals surface area contributed by atoms with Gasteiger partial charge in [0, 0.05) is 12.7 Å². The molecule has 0 amide bonds. The fourth-order valence-corrected chi connectivity index (χ4v) is 1.90. The zero-order valence-corrected chi connectivity index (χ0v) is 10.4. The normalized spacial score (nSPS) is 9.46. The van der Waals surface area contributed by atoms with Gasteiger partial charge in [-0.1, -0.05) is 6.92 Å². The number of carbonyl (C=O) groups excluding carboxylic acids is 1. The number of imidazole rings is 1. The molecule has 0 radical (unpaired) electrons. The summed E-state index contributed by atoms with van der Waals surface area (Å²) in [5, 5.41) is 0. The number of Topliss-reactive ketones (excluding diaryl/α,β-unsaturated/α-hetero) is 1. The highest BCUT2D eigenvalue weighted by molar-refractivity contribution is 7.97. The van der Waals surface area contributed by atoms with Gasteiger partial charge in [-0.05, 0) is 0 Å². The Kier molecular flexibility index (Phi) is 5.32. The van der Waals surface area contributed by atoms with Crippen molar-refractivity contribution in [3.8, 4) is 0 Å². The van der Waals surface area contributed by atoms with Crippen LogP contribution in [0, 0.1) is 0 Å². The lowest BCUT2D eigenvalue weighted by Gasteiger charge is -1.94. The molecule has 0 aliphatic carbocycles. The molecule has 1 aromatic rings. The fourth-order valence-electron chi connectivity index (χ4n) is 1.10. The van der Waals surface area contributed by atoms with E-state index in [-0.39, 0.29) is 22.8 Å². The molecule has 13 heavy (non-hydrogen) atoms. The summed E-state index contributed by atoms with van der Waals surface area (Å²) in [5.74, 6) is 1.81. The predicted octanol–water partition coefficient (Wildman–Crippen LogP) is -1.96. The van der Waals surface area contributed by atoms with Crippen LogP contribution in [0.4, 0.5) is 0 Å². The third kappa shape index (κ3) is 2.84. The minimum atomic E-state index is 0. The van der Waals surface area contributed by atoms with E-state index >= 15 is 0 Å². The van der Waals surface area contributed by atoms with Crippen molar-refractivity contribution in [1.29, 1.82) is 0 Å². The maximum absolute atomic E-state index is 11.2. The van der Waals surface area contributed by atoms with E-state index in [9.17, 15) is 4.79 Å². The molecule has 74 valence electrons.